The minimum absolute atomic E-state index is 0.0183. The lowest BCUT2D eigenvalue weighted by molar-refractivity contribution is -0.122. The lowest BCUT2D eigenvalue weighted by Crippen LogP contribution is -2.44. The first-order valence-corrected chi connectivity index (χ1v) is 8.51. The number of rotatable bonds is 3. The molecule has 3 N–H and O–H groups in total. The molecule has 4 rings (SSSR count). The lowest BCUT2D eigenvalue weighted by atomic mass is 9.82. The van der Waals surface area contributed by atoms with Crippen LogP contribution in [0.15, 0.2) is 71.4 Å². The molecule has 0 aliphatic carbocycles. The van der Waals surface area contributed by atoms with Gasteiger partial charge in [-0.25, -0.2) is 0 Å². The molecule has 3 aromatic rings. The Labute approximate surface area is 143 Å². The van der Waals surface area contributed by atoms with Gasteiger partial charge in [-0.3, -0.25) is 15.5 Å². The number of thiophene rings is 1. The number of benzene rings is 2. The zero-order valence-corrected chi connectivity index (χ0v) is 13.6. The van der Waals surface area contributed by atoms with Gasteiger partial charge in [0.25, 0.3) is 5.91 Å². The standard InChI is InChI=1S/C19H15N3OS/c20-18-21-17(23)19(22-18,15-6-2-1-3-7-15)16-8-4-5-13(11-16)14-9-10-24-12-14/h1-12H,(H3,20,21,22,23). The maximum atomic E-state index is 12.8. The third-order valence-electron chi connectivity index (χ3n) is 4.25. The van der Waals surface area contributed by atoms with Gasteiger partial charge >= 0.3 is 0 Å². The Balaban J connectivity index is 1.91. The fourth-order valence-corrected chi connectivity index (χ4v) is 3.77. The fraction of sp³-hybridized carbons (Fsp3) is 0.0526. The van der Waals surface area contributed by atoms with Crippen molar-refractivity contribution in [2.45, 2.75) is 5.54 Å². The summed E-state index contributed by atoms with van der Waals surface area (Å²) in [5, 5.41) is 17.6. The largest absolute Gasteiger partial charge is 0.334 e. The second-order valence-electron chi connectivity index (χ2n) is 5.66. The van der Waals surface area contributed by atoms with Crippen LogP contribution >= 0.6 is 11.3 Å². The van der Waals surface area contributed by atoms with Gasteiger partial charge < -0.3 is 5.32 Å². The molecule has 0 radical (unpaired) electrons. The van der Waals surface area contributed by atoms with Crippen molar-refractivity contribution in [1.82, 2.24) is 10.6 Å². The molecule has 1 atom stereocenters. The van der Waals surface area contributed by atoms with Crippen LogP contribution in [0.4, 0.5) is 0 Å². The average molecular weight is 333 g/mol. The monoisotopic (exact) mass is 333 g/mol. The number of amides is 1. The van der Waals surface area contributed by atoms with Crippen LogP contribution in [-0.4, -0.2) is 11.9 Å². The van der Waals surface area contributed by atoms with E-state index in [0.717, 1.165) is 22.3 Å². The van der Waals surface area contributed by atoms with E-state index in [1.807, 2.05) is 60.0 Å². The van der Waals surface area contributed by atoms with Crippen molar-refractivity contribution >= 4 is 23.2 Å². The van der Waals surface area contributed by atoms with Gasteiger partial charge in [-0.05, 0) is 45.1 Å². The predicted octanol–water partition coefficient (Wildman–Crippen LogP) is 3.31. The molecule has 1 saturated heterocycles. The molecular weight excluding hydrogens is 318 g/mol. The van der Waals surface area contributed by atoms with Crippen LogP contribution in [-0.2, 0) is 10.3 Å². The molecule has 1 fully saturated rings. The summed E-state index contributed by atoms with van der Waals surface area (Å²) in [5.41, 5.74) is 2.73. The normalized spacial score (nSPS) is 19.8. The summed E-state index contributed by atoms with van der Waals surface area (Å²) in [6.07, 6.45) is 0. The topological polar surface area (TPSA) is 65.0 Å². The van der Waals surface area contributed by atoms with E-state index in [4.69, 9.17) is 5.41 Å². The van der Waals surface area contributed by atoms with E-state index in [2.05, 4.69) is 22.1 Å². The molecule has 0 bridgehead atoms. The molecule has 1 unspecified atom stereocenters. The van der Waals surface area contributed by atoms with Gasteiger partial charge in [0.2, 0.25) is 0 Å². The van der Waals surface area contributed by atoms with Gasteiger partial charge in [0, 0.05) is 0 Å². The van der Waals surface area contributed by atoms with Crippen LogP contribution < -0.4 is 10.6 Å². The molecular formula is C19H15N3OS. The van der Waals surface area contributed by atoms with Gasteiger partial charge in [0.1, 0.15) is 0 Å². The van der Waals surface area contributed by atoms with E-state index in [9.17, 15) is 4.79 Å². The van der Waals surface area contributed by atoms with Crippen molar-refractivity contribution < 1.29 is 4.79 Å². The Morgan fingerprint density at radius 1 is 0.917 bits per heavy atom. The Hall–Kier alpha value is -2.92. The molecule has 0 spiro atoms. The van der Waals surface area contributed by atoms with Crippen LogP contribution in [0.3, 0.4) is 0 Å². The Morgan fingerprint density at radius 3 is 2.38 bits per heavy atom. The molecule has 5 heteroatoms. The third-order valence-corrected chi connectivity index (χ3v) is 4.93. The van der Waals surface area contributed by atoms with Crippen molar-refractivity contribution in [3.63, 3.8) is 0 Å². The molecule has 24 heavy (non-hydrogen) atoms. The zero-order valence-electron chi connectivity index (χ0n) is 12.7. The summed E-state index contributed by atoms with van der Waals surface area (Å²) >= 11 is 1.64. The fourth-order valence-electron chi connectivity index (χ4n) is 3.10. The summed E-state index contributed by atoms with van der Waals surface area (Å²) < 4.78 is 0. The predicted molar refractivity (Wildman–Crippen MR) is 96.0 cm³/mol. The SMILES string of the molecule is N=C1NC(=O)C(c2ccccc2)(c2cccc(-c3ccsc3)c2)N1. The molecule has 1 amide bonds. The van der Waals surface area contributed by atoms with E-state index in [1.54, 1.807) is 11.3 Å². The summed E-state index contributed by atoms with van der Waals surface area (Å²) in [7, 11) is 0. The summed E-state index contributed by atoms with van der Waals surface area (Å²) in [6, 6.07) is 19.5. The van der Waals surface area contributed by atoms with Crippen LogP contribution in [0.1, 0.15) is 11.1 Å². The summed E-state index contributed by atoms with van der Waals surface area (Å²) in [6.45, 7) is 0. The van der Waals surface area contributed by atoms with Gasteiger partial charge in [0.05, 0.1) is 0 Å². The Bertz CT molecular complexity index is 905. The molecule has 2 aromatic carbocycles. The van der Waals surface area contributed by atoms with Gasteiger partial charge in [-0.1, -0.05) is 48.5 Å². The number of carbonyl (C=O) groups is 1. The van der Waals surface area contributed by atoms with E-state index in [-0.39, 0.29) is 11.9 Å². The maximum Gasteiger partial charge on any atom is 0.261 e. The number of nitrogens with one attached hydrogen (secondary N) is 3. The van der Waals surface area contributed by atoms with E-state index in [0.29, 0.717) is 0 Å². The van der Waals surface area contributed by atoms with Gasteiger partial charge in [-0.2, -0.15) is 11.3 Å². The molecule has 2 heterocycles. The van der Waals surface area contributed by atoms with Crippen molar-refractivity contribution in [3.05, 3.63) is 82.6 Å². The summed E-state index contributed by atoms with van der Waals surface area (Å²) in [4.78, 5) is 12.8. The van der Waals surface area contributed by atoms with E-state index >= 15 is 0 Å². The third kappa shape index (κ3) is 2.21. The maximum absolute atomic E-state index is 12.8. The first-order chi connectivity index (χ1) is 11.7. The van der Waals surface area contributed by atoms with Gasteiger partial charge in [0.15, 0.2) is 11.5 Å². The van der Waals surface area contributed by atoms with Crippen molar-refractivity contribution in [2.75, 3.05) is 0 Å². The zero-order chi connectivity index (χ0) is 16.6. The second-order valence-corrected chi connectivity index (χ2v) is 6.44. The second kappa shape index (κ2) is 5.62. The number of hydrogen-bond acceptors (Lipinski definition) is 3. The lowest BCUT2D eigenvalue weighted by Gasteiger charge is -2.28. The van der Waals surface area contributed by atoms with Crippen LogP contribution in [0.5, 0.6) is 0 Å². The average Bonchev–Trinajstić information content (AvgIpc) is 3.24. The minimum Gasteiger partial charge on any atom is -0.334 e. The van der Waals surface area contributed by atoms with Crippen LogP contribution in [0.25, 0.3) is 11.1 Å². The smallest absolute Gasteiger partial charge is 0.261 e. The number of guanidine groups is 1. The highest BCUT2D eigenvalue weighted by atomic mass is 32.1. The van der Waals surface area contributed by atoms with E-state index in [1.165, 1.54) is 0 Å². The van der Waals surface area contributed by atoms with Crippen molar-refractivity contribution in [3.8, 4) is 11.1 Å². The quantitative estimate of drug-likeness (QED) is 0.688. The van der Waals surface area contributed by atoms with Crippen LogP contribution in [0.2, 0.25) is 0 Å². The Morgan fingerprint density at radius 2 is 1.71 bits per heavy atom. The highest BCUT2D eigenvalue weighted by Crippen LogP contribution is 2.35. The van der Waals surface area contributed by atoms with E-state index < -0.39 is 5.54 Å². The highest BCUT2D eigenvalue weighted by molar-refractivity contribution is 7.08. The van der Waals surface area contributed by atoms with Crippen LogP contribution in [0, 0.1) is 5.41 Å². The highest BCUT2D eigenvalue weighted by Gasteiger charge is 2.47. The molecule has 118 valence electrons. The minimum atomic E-state index is -1.08. The molecule has 1 aromatic heterocycles. The molecule has 1 aliphatic heterocycles. The number of carbonyl (C=O) groups excluding carboxylic acids is 1. The molecule has 4 nitrogen and oxygen atoms in total. The Kier molecular flexibility index (Phi) is 3.43. The first-order valence-electron chi connectivity index (χ1n) is 7.57. The molecule has 1 aliphatic rings. The van der Waals surface area contributed by atoms with Crippen molar-refractivity contribution in [2.24, 2.45) is 0 Å². The number of hydrogen-bond donors (Lipinski definition) is 3. The van der Waals surface area contributed by atoms with Gasteiger partial charge in [-0.15, -0.1) is 0 Å². The first kappa shape index (κ1) is 14.7. The van der Waals surface area contributed by atoms with Crippen molar-refractivity contribution in [1.29, 1.82) is 5.41 Å². The molecule has 0 saturated carbocycles. The summed E-state index contributed by atoms with van der Waals surface area (Å²) in [5.74, 6) is -0.217.